The molecule has 0 aromatic heterocycles. The third kappa shape index (κ3) is 8.06. The van der Waals surface area contributed by atoms with Gasteiger partial charge < -0.3 is 4.74 Å². The second-order valence-electron chi connectivity index (χ2n) is 5.55. The SMILES string of the molecule is CC1CCCC(OCCCCCCS(N)(=O)=O)C1. The number of rotatable bonds is 8. The Labute approximate surface area is 111 Å². The van der Waals surface area contributed by atoms with Gasteiger partial charge >= 0.3 is 0 Å². The smallest absolute Gasteiger partial charge is 0.209 e. The molecule has 0 spiro atoms. The number of hydrogen-bond donors (Lipinski definition) is 1. The maximum atomic E-state index is 10.7. The van der Waals surface area contributed by atoms with E-state index in [9.17, 15) is 8.42 Å². The lowest BCUT2D eigenvalue weighted by Crippen LogP contribution is -2.21. The van der Waals surface area contributed by atoms with E-state index in [4.69, 9.17) is 9.88 Å². The van der Waals surface area contributed by atoms with Crippen molar-refractivity contribution in [1.82, 2.24) is 0 Å². The first-order chi connectivity index (χ1) is 8.47. The molecule has 0 amide bonds. The number of sulfonamides is 1. The van der Waals surface area contributed by atoms with Gasteiger partial charge in [0.2, 0.25) is 10.0 Å². The molecule has 18 heavy (non-hydrogen) atoms. The van der Waals surface area contributed by atoms with Gasteiger partial charge in [0.05, 0.1) is 11.9 Å². The first-order valence-corrected chi connectivity index (χ1v) is 8.81. The molecule has 0 aromatic carbocycles. The second-order valence-corrected chi connectivity index (χ2v) is 7.28. The zero-order valence-corrected chi connectivity index (χ0v) is 12.3. The van der Waals surface area contributed by atoms with Gasteiger partial charge in [-0.3, -0.25) is 0 Å². The monoisotopic (exact) mass is 277 g/mol. The summed E-state index contributed by atoms with van der Waals surface area (Å²) in [6.07, 6.45) is 9.13. The van der Waals surface area contributed by atoms with Crippen LogP contribution in [0.25, 0.3) is 0 Å². The standard InChI is InChI=1S/C13H27NO3S/c1-12-7-6-8-13(11-12)17-9-4-2-3-5-10-18(14,15)16/h12-13H,2-11H2,1H3,(H2,14,15,16). The molecule has 2 unspecified atom stereocenters. The Morgan fingerprint density at radius 1 is 1.17 bits per heavy atom. The van der Waals surface area contributed by atoms with Crippen molar-refractivity contribution in [2.24, 2.45) is 11.1 Å². The quantitative estimate of drug-likeness (QED) is 0.693. The number of primary sulfonamides is 1. The summed E-state index contributed by atoms with van der Waals surface area (Å²) in [6.45, 7) is 3.11. The lowest BCUT2D eigenvalue weighted by Gasteiger charge is -2.26. The highest BCUT2D eigenvalue weighted by Gasteiger charge is 2.18. The van der Waals surface area contributed by atoms with E-state index in [1.54, 1.807) is 0 Å². The molecule has 1 fully saturated rings. The van der Waals surface area contributed by atoms with E-state index < -0.39 is 10.0 Å². The maximum Gasteiger partial charge on any atom is 0.209 e. The van der Waals surface area contributed by atoms with Gasteiger partial charge in [-0.1, -0.05) is 32.6 Å². The summed E-state index contributed by atoms with van der Waals surface area (Å²) in [7, 11) is -3.27. The minimum Gasteiger partial charge on any atom is -0.378 e. The van der Waals surface area contributed by atoms with Gasteiger partial charge in [0, 0.05) is 6.61 Å². The van der Waals surface area contributed by atoms with Crippen LogP contribution >= 0.6 is 0 Å². The molecule has 0 aliphatic heterocycles. The van der Waals surface area contributed by atoms with Crippen LogP contribution in [0, 0.1) is 5.92 Å². The Balaban J connectivity index is 1.92. The summed E-state index contributed by atoms with van der Waals surface area (Å²) in [5, 5.41) is 4.93. The van der Waals surface area contributed by atoms with Crippen molar-refractivity contribution < 1.29 is 13.2 Å². The van der Waals surface area contributed by atoms with Gasteiger partial charge in [0.1, 0.15) is 0 Å². The summed E-state index contributed by atoms with van der Waals surface area (Å²) in [5.41, 5.74) is 0. The van der Waals surface area contributed by atoms with Crippen LogP contribution in [0.4, 0.5) is 0 Å². The van der Waals surface area contributed by atoms with Crippen LogP contribution in [0.15, 0.2) is 0 Å². The third-order valence-corrected chi connectivity index (χ3v) is 4.42. The van der Waals surface area contributed by atoms with Gasteiger partial charge in [0.25, 0.3) is 0 Å². The second kappa shape index (κ2) is 8.12. The molecule has 1 aliphatic rings. The predicted molar refractivity (Wildman–Crippen MR) is 73.8 cm³/mol. The summed E-state index contributed by atoms with van der Waals surface area (Å²) < 4.78 is 27.3. The summed E-state index contributed by atoms with van der Waals surface area (Å²) >= 11 is 0. The van der Waals surface area contributed by atoms with Crippen LogP contribution in [0.1, 0.15) is 58.3 Å². The van der Waals surface area contributed by atoms with Gasteiger partial charge in [-0.15, -0.1) is 0 Å². The molecule has 2 atom stereocenters. The lowest BCUT2D eigenvalue weighted by molar-refractivity contribution is 0.0137. The van der Waals surface area contributed by atoms with Crippen LogP contribution in [-0.4, -0.2) is 26.9 Å². The van der Waals surface area contributed by atoms with Crippen molar-refractivity contribution in [2.45, 2.75) is 64.4 Å². The largest absolute Gasteiger partial charge is 0.378 e. The molecular weight excluding hydrogens is 250 g/mol. The van der Waals surface area contributed by atoms with E-state index in [0.717, 1.165) is 31.8 Å². The van der Waals surface area contributed by atoms with Gasteiger partial charge in [-0.25, -0.2) is 13.6 Å². The van der Waals surface area contributed by atoms with E-state index in [2.05, 4.69) is 6.92 Å². The van der Waals surface area contributed by atoms with Gasteiger partial charge in [-0.05, 0) is 31.6 Å². The third-order valence-electron chi connectivity index (χ3n) is 3.57. The molecule has 0 aromatic rings. The molecule has 2 N–H and O–H groups in total. The Morgan fingerprint density at radius 3 is 2.56 bits per heavy atom. The Kier molecular flexibility index (Phi) is 7.19. The molecule has 0 radical (unpaired) electrons. The molecule has 0 bridgehead atoms. The van der Waals surface area contributed by atoms with E-state index in [-0.39, 0.29) is 5.75 Å². The minimum absolute atomic E-state index is 0.105. The highest BCUT2D eigenvalue weighted by molar-refractivity contribution is 7.89. The van der Waals surface area contributed by atoms with Crippen LogP contribution in [0.5, 0.6) is 0 Å². The molecular formula is C13H27NO3S. The molecule has 1 aliphatic carbocycles. The summed E-state index contributed by atoms with van der Waals surface area (Å²) in [5.74, 6) is 0.909. The topological polar surface area (TPSA) is 69.4 Å². The zero-order chi connectivity index (χ0) is 13.4. The maximum absolute atomic E-state index is 10.7. The molecule has 1 saturated carbocycles. The molecule has 1 rings (SSSR count). The van der Waals surface area contributed by atoms with Crippen molar-refractivity contribution in [3.8, 4) is 0 Å². The lowest BCUT2D eigenvalue weighted by atomic mass is 9.89. The van der Waals surface area contributed by atoms with Gasteiger partial charge in [-0.2, -0.15) is 0 Å². The van der Waals surface area contributed by atoms with Crippen LogP contribution in [0.3, 0.4) is 0 Å². The van der Waals surface area contributed by atoms with Crippen LogP contribution in [-0.2, 0) is 14.8 Å². The average Bonchev–Trinajstić information content (AvgIpc) is 2.26. The average molecular weight is 277 g/mol. The highest BCUT2D eigenvalue weighted by Crippen LogP contribution is 2.25. The molecule has 4 nitrogen and oxygen atoms in total. The van der Waals surface area contributed by atoms with Crippen LogP contribution < -0.4 is 5.14 Å². The fourth-order valence-corrected chi connectivity index (χ4v) is 3.15. The molecule has 5 heteroatoms. The first-order valence-electron chi connectivity index (χ1n) is 7.09. The number of hydrogen-bond acceptors (Lipinski definition) is 3. The zero-order valence-electron chi connectivity index (χ0n) is 11.4. The summed E-state index contributed by atoms with van der Waals surface area (Å²) in [4.78, 5) is 0. The summed E-state index contributed by atoms with van der Waals surface area (Å²) in [6, 6.07) is 0. The fraction of sp³-hybridized carbons (Fsp3) is 1.00. The number of unbranched alkanes of at least 4 members (excludes halogenated alkanes) is 3. The number of nitrogens with two attached hydrogens (primary N) is 1. The van der Waals surface area contributed by atoms with Crippen molar-refractivity contribution in [3.63, 3.8) is 0 Å². The molecule has 0 heterocycles. The first kappa shape index (κ1) is 15.9. The Hall–Kier alpha value is -0.130. The van der Waals surface area contributed by atoms with E-state index in [1.165, 1.54) is 25.7 Å². The van der Waals surface area contributed by atoms with E-state index in [1.807, 2.05) is 0 Å². The Morgan fingerprint density at radius 2 is 1.89 bits per heavy atom. The van der Waals surface area contributed by atoms with Crippen LogP contribution in [0.2, 0.25) is 0 Å². The van der Waals surface area contributed by atoms with E-state index >= 15 is 0 Å². The van der Waals surface area contributed by atoms with E-state index in [0.29, 0.717) is 12.5 Å². The Bertz CT molecular complexity index is 316. The molecule has 0 saturated heterocycles. The van der Waals surface area contributed by atoms with Crippen molar-refractivity contribution >= 4 is 10.0 Å². The highest BCUT2D eigenvalue weighted by atomic mass is 32.2. The number of ether oxygens (including phenoxy) is 1. The normalized spacial score (nSPS) is 25.2. The minimum atomic E-state index is -3.27. The van der Waals surface area contributed by atoms with Crippen molar-refractivity contribution in [3.05, 3.63) is 0 Å². The predicted octanol–water partition coefficient (Wildman–Crippen LogP) is 2.43. The fourth-order valence-electron chi connectivity index (χ4n) is 2.54. The van der Waals surface area contributed by atoms with Gasteiger partial charge in [0.15, 0.2) is 0 Å². The van der Waals surface area contributed by atoms with Crippen molar-refractivity contribution in [1.29, 1.82) is 0 Å². The molecule has 108 valence electrons. The van der Waals surface area contributed by atoms with Crippen molar-refractivity contribution in [2.75, 3.05) is 12.4 Å².